The molecular weight excluding hydrogens is 288 g/mol. The van der Waals surface area contributed by atoms with Gasteiger partial charge in [-0.05, 0) is 38.8 Å². The van der Waals surface area contributed by atoms with Gasteiger partial charge in [-0.15, -0.1) is 0 Å². The fourth-order valence-electron chi connectivity index (χ4n) is 3.84. The van der Waals surface area contributed by atoms with Crippen LogP contribution in [0.3, 0.4) is 0 Å². The Bertz CT molecular complexity index is 577. The second-order valence-electron chi connectivity index (χ2n) is 6.98. The van der Waals surface area contributed by atoms with Crippen molar-refractivity contribution in [2.24, 2.45) is 5.92 Å². The average molecular weight is 314 g/mol. The highest BCUT2D eigenvalue weighted by molar-refractivity contribution is 5.94. The Morgan fingerprint density at radius 1 is 0.870 bits per heavy atom. The second kappa shape index (κ2) is 6.73. The first kappa shape index (κ1) is 16.0. The van der Waals surface area contributed by atoms with Crippen LogP contribution in [0.25, 0.3) is 0 Å². The highest BCUT2D eigenvalue weighted by Crippen LogP contribution is 2.27. The Labute approximate surface area is 138 Å². The van der Waals surface area contributed by atoms with Crippen molar-refractivity contribution in [1.29, 1.82) is 0 Å². The van der Waals surface area contributed by atoms with Gasteiger partial charge in [0.05, 0.1) is 0 Å². The van der Waals surface area contributed by atoms with Crippen LogP contribution in [-0.2, 0) is 4.79 Å². The van der Waals surface area contributed by atoms with Gasteiger partial charge in [0, 0.05) is 37.7 Å². The van der Waals surface area contributed by atoms with Gasteiger partial charge in [0.1, 0.15) is 0 Å². The van der Waals surface area contributed by atoms with Crippen molar-refractivity contribution in [1.82, 2.24) is 9.80 Å². The van der Waals surface area contributed by atoms with Crippen LogP contribution in [0.5, 0.6) is 0 Å². The monoisotopic (exact) mass is 314 g/mol. The zero-order valence-electron chi connectivity index (χ0n) is 14.2. The van der Waals surface area contributed by atoms with Crippen LogP contribution < -0.4 is 0 Å². The molecule has 2 fully saturated rings. The summed E-state index contributed by atoms with van der Waals surface area (Å²) in [6.45, 7) is 6.66. The van der Waals surface area contributed by atoms with Crippen LogP contribution in [0.2, 0.25) is 0 Å². The number of rotatable bonds is 2. The molecule has 1 aromatic rings. The minimum absolute atomic E-state index is 0.0877. The predicted octanol–water partition coefficient (Wildman–Crippen LogP) is 2.78. The van der Waals surface area contributed by atoms with Crippen LogP contribution in [-0.4, -0.2) is 47.8 Å². The molecule has 4 heteroatoms. The molecule has 1 heterocycles. The van der Waals surface area contributed by atoms with Crippen LogP contribution in [0.15, 0.2) is 18.2 Å². The average Bonchev–Trinajstić information content (AvgIpc) is 3.07. The number of nitrogens with zero attached hydrogens (tertiary/aromatic N) is 2. The zero-order valence-corrected chi connectivity index (χ0v) is 14.2. The Kier molecular flexibility index (Phi) is 4.69. The number of amides is 2. The van der Waals surface area contributed by atoms with Crippen molar-refractivity contribution < 1.29 is 9.59 Å². The Hall–Kier alpha value is -1.84. The quantitative estimate of drug-likeness (QED) is 0.842. The lowest BCUT2D eigenvalue weighted by Gasteiger charge is -2.36. The summed E-state index contributed by atoms with van der Waals surface area (Å²) in [6, 6.07) is 5.98. The topological polar surface area (TPSA) is 40.6 Å². The summed E-state index contributed by atoms with van der Waals surface area (Å²) in [5.41, 5.74) is 2.99. The van der Waals surface area contributed by atoms with Gasteiger partial charge in [0.15, 0.2) is 0 Å². The first-order chi connectivity index (χ1) is 11.0. The summed E-state index contributed by atoms with van der Waals surface area (Å²) in [7, 11) is 0. The number of benzene rings is 1. The number of hydrogen-bond acceptors (Lipinski definition) is 2. The van der Waals surface area contributed by atoms with Crippen molar-refractivity contribution in [2.75, 3.05) is 26.2 Å². The van der Waals surface area contributed by atoms with E-state index in [0.717, 1.165) is 29.5 Å². The molecule has 4 nitrogen and oxygen atoms in total. The lowest BCUT2D eigenvalue weighted by atomic mass is 10.0. The van der Waals surface area contributed by atoms with Gasteiger partial charge in [0.2, 0.25) is 5.91 Å². The Morgan fingerprint density at radius 2 is 1.39 bits per heavy atom. The maximum absolute atomic E-state index is 12.7. The van der Waals surface area contributed by atoms with E-state index in [0.29, 0.717) is 32.1 Å². The molecule has 0 atom stereocenters. The molecule has 1 saturated heterocycles. The molecule has 3 rings (SSSR count). The van der Waals surface area contributed by atoms with Gasteiger partial charge < -0.3 is 9.80 Å². The second-order valence-corrected chi connectivity index (χ2v) is 6.98. The fourth-order valence-corrected chi connectivity index (χ4v) is 3.84. The van der Waals surface area contributed by atoms with Crippen molar-refractivity contribution in [3.05, 3.63) is 34.9 Å². The molecular formula is C19H26N2O2. The molecule has 1 aliphatic heterocycles. The number of aryl methyl sites for hydroxylation is 2. The molecule has 2 amide bonds. The molecule has 2 aliphatic rings. The van der Waals surface area contributed by atoms with Crippen LogP contribution in [0.4, 0.5) is 0 Å². The molecule has 1 aromatic carbocycles. The maximum atomic E-state index is 12.7. The Morgan fingerprint density at radius 3 is 1.96 bits per heavy atom. The van der Waals surface area contributed by atoms with Gasteiger partial charge in [-0.1, -0.05) is 30.0 Å². The van der Waals surface area contributed by atoms with Gasteiger partial charge >= 0.3 is 0 Å². The summed E-state index contributed by atoms with van der Waals surface area (Å²) in [5.74, 6) is 0.627. The summed E-state index contributed by atoms with van der Waals surface area (Å²) >= 11 is 0. The molecule has 124 valence electrons. The fraction of sp³-hybridized carbons (Fsp3) is 0.579. The molecule has 0 radical (unpaired) electrons. The summed E-state index contributed by atoms with van der Waals surface area (Å²) in [6.07, 6.45) is 4.45. The standard InChI is InChI=1S/C19H26N2O2/c1-14-11-15(2)13-17(12-14)19(23)21-9-7-20(8-10-21)18(22)16-5-3-4-6-16/h11-13,16H,3-10H2,1-2H3. The van der Waals surface area contributed by atoms with Crippen LogP contribution in [0, 0.1) is 19.8 Å². The minimum Gasteiger partial charge on any atom is -0.339 e. The number of piperazine rings is 1. The van der Waals surface area contributed by atoms with E-state index < -0.39 is 0 Å². The number of carbonyl (C=O) groups is 2. The highest BCUT2D eigenvalue weighted by Gasteiger charge is 2.30. The first-order valence-electron chi connectivity index (χ1n) is 8.71. The molecule has 0 aromatic heterocycles. The van der Waals surface area contributed by atoms with Gasteiger partial charge in [0.25, 0.3) is 5.91 Å². The summed E-state index contributed by atoms with van der Waals surface area (Å²) < 4.78 is 0. The third-order valence-corrected chi connectivity index (χ3v) is 5.05. The molecule has 23 heavy (non-hydrogen) atoms. The van der Waals surface area contributed by atoms with E-state index in [1.807, 2.05) is 35.8 Å². The number of carbonyl (C=O) groups excluding carboxylic acids is 2. The van der Waals surface area contributed by atoms with Crippen molar-refractivity contribution in [3.8, 4) is 0 Å². The van der Waals surface area contributed by atoms with E-state index in [1.165, 1.54) is 12.8 Å². The highest BCUT2D eigenvalue weighted by atomic mass is 16.2. The zero-order chi connectivity index (χ0) is 16.4. The largest absolute Gasteiger partial charge is 0.339 e. The molecule has 0 unspecified atom stereocenters. The summed E-state index contributed by atoms with van der Waals surface area (Å²) in [5, 5.41) is 0. The Balaban J connectivity index is 1.59. The molecule has 0 spiro atoms. The van der Waals surface area contributed by atoms with Crippen molar-refractivity contribution in [3.63, 3.8) is 0 Å². The first-order valence-corrected chi connectivity index (χ1v) is 8.71. The summed E-state index contributed by atoms with van der Waals surface area (Å²) in [4.78, 5) is 29.0. The molecule has 0 bridgehead atoms. The van der Waals surface area contributed by atoms with Crippen molar-refractivity contribution >= 4 is 11.8 Å². The molecule has 0 N–H and O–H groups in total. The lowest BCUT2D eigenvalue weighted by molar-refractivity contribution is -0.136. The van der Waals surface area contributed by atoms with E-state index in [2.05, 4.69) is 6.07 Å². The van der Waals surface area contributed by atoms with Gasteiger partial charge in [-0.3, -0.25) is 9.59 Å². The number of hydrogen-bond donors (Lipinski definition) is 0. The van der Waals surface area contributed by atoms with Crippen LogP contribution >= 0.6 is 0 Å². The van der Waals surface area contributed by atoms with Crippen LogP contribution in [0.1, 0.15) is 47.2 Å². The van der Waals surface area contributed by atoms with E-state index in [1.54, 1.807) is 0 Å². The van der Waals surface area contributed by atoms with Gasteiger partial charge in [-0.2, -0.15) is 0 Å². The van der Waals surface area contributed by atoms with E-state index in [4.69, 9.17) is 0 Å². The predicted molar refractivity (Wildman–Crippen MR) is 90.4 cm³/mol. The smallest absolute Gasteiger partial charge is 0.253 e. The van der Waals surface area contributed by atoms with E-state index in [9.17, 15) is 9.59 Å². The van der Waals surface area contributed by atoms with Gasteiger partial charge in [-0.25, -0.2) is 0 Å². The normalized spacial score (nSPS) is 19.2. The molecule has 1 saturated carbocycles. The SMILES string of the molecule is Cc1cc(C)cc(C(=O)N2CCN(C(=O)C3CCCC3)CC2)c1. The third kappa shape index (κ3) is 3.57. The maximum Gasteiger partial charge on any atom is 0.253 e. The third-order valence-electron chi connectivity index (χ3n) is 5.05. The molecule has 1 aliphatic carbocycles. The van der Waals surface area contributed by atoms with E-state index >= 15 is 0 Å². The minimum atomic E-state index is 0.0877. The van der Waals surface area contributed by atoms with E-state index in [-0.39, 0.29) is 11.8 Å². The lowest BCUT2D eigenvalue weighted by Crippen LogP contribution is -2.51. The van der Waals surface area contributed by atoms with Crippen molar-refractivity contribution in [2.45, 2.75) is 39.5 Å².